The van der Waals surface area contributed by atoms with Crippen molar-refractivity contribution in [3.8, 4) is 0 Å². The summed E-state index contributed by atoms with van der Waals surface area (Å²) < 4.78 is 3.92. The Morgan fingerprint density at radius 1 is 1.39 bits per heavy atom. The van der Waals surface area contributed by atoms with Crippen molar-refractivity contribution in [2.45, 2.75) is 32.6 Å². The number of nitrogen functional groups attached to an aromatic ring is 1. The van der Waals surface area contributed by atoms with Gasteiger partial charge in [-0.3, -0.25) is 9.78 Å². The molecule has 1 aliphatic heterocycles. The molecule has 0 aliphatic carbocycles. The van der Waals surface area contributed by atoms with E-state index in [-0.39, 0.29) is 5.91 Å². The van der Waals surface area contributed by atoms with Crippen LogP contribution in [0.3, 0.4) is 0 Å². The first-order valence-corrected chi connectivity index (χ1v) is 8.62. The summed E-state index contributed by atoms with van der Waals surface area (Å²) in [5, 5.41) is 4.04. The van der Waals surface area contributed by atoms with Crippen LogP contribution in [0.1, 0.15) is 40.8 Å². The summed E-state index contributed by atoms with van der Waals surface area (Å²) in [6.07, 6.45) is 6.80. The Morgan fingerprint density at radius 2 is 2.22 bits per heavy atom. The zero-order valence-electron chi connectivity index (χ0n) is 13.1. The first kappa shape index (κ1) is 15.8. The van der Waals surface area contributed by atoms with Crippen molar-refractivity contribution in [1.82, 2.24) is 24.5 Å². The van der Waals surface area contributed by atoms with Crippen molar-refractivity contribution in [2.24, 2.45) is 5.92 Å². The second kappa shape index (κ2) is 6.99. The van der Waals surface area contributed by atoms with Gasteiger partial charge in [-0.1, -0.05) is 11.4 Å². The predicted octanol–water partition coefficient (Wildman–Crippen LogP) is 1.57. The molecule has 2 N–H and O–H groups in total. The summed E-state index contributed by atoms with van der Waals surface area (Å²) in [7, 11) is 0. The highest BCUT2D eigenvalue weighted by Gasteiger charge is 2.28. The molecule has 0 aromatic carbocycles. The van der Waals surface area contributed by atoms with Crippen molar-refractivity contribution in [2.75, 3.05) is 18.8 Å². The fourth-order valence-corrected chi connectivity index (χ4v) is 3.69. The van der Waals surface area contributed by atoms with Crippen LogP contribution >= 0.6 is 11.5 Å². The predicted molar refractivity (Wildman–Crippen MR) is 88.1 cm³/mol. The molecule has 0 radical (unpaired) electrons. The summed E-state index contributed by atoms with van der Waals surface area (Å²) >= 11 is 1.19. The summed E-state index contributed by atoms with van der Waals surface area (Å²) in [6, 6.07) is 0. The first-order chi connectivity index (χ1) is 11.2. The molecule has 7 nitrogen and oxygen atoms in total. The van der Waals surface area contributed by atoms with Crippen molar-refractivity contribution in [3.05, 3.63) is 28.7 Å². The molecule has 1 saturated heterocycles. The lowest BCUT2D eigenvalue weighted by atomic mass is 9.93. The Labute approximate surface area is 139 Å². The summed E-state index contributed by atoms with van der Waals surface area (Å²) in [6.45, 7) is 3.49. The van der Waals surface area contributed by atoms with E-state index in [0.717, 1.165) is 50.2 Å². The Hall–Kier alpha value is -2.09. The summed E-state index contributed by atoms with van der Waals surface area (Å²) in [5.74, 6) is 0.891. The zero-order chi connectivity index (χ0) is 16.2. The molecule has 1 fully saturated rings. The molecule has 1 aliphatic rings. The highest BCUT2D eigenvalue weighted by atomic mass is 32.1. The quantitative estimate of drug-likeness (QED) is 0.912. The molecule has 3 heterocycles. The molecule has 3 rings (SSSR count). The lowest BCUT2D eigenvalue weighted by Crippen LogP contribution is -2.40. The van der Waals surface area contributed by atoms with Crippen molar-refractivity contribution >= 4 is 23.3 Å². The van der Waals surface area contributed by atoms with Gasteiger partial charge in [-0.05, 0) is 43.1 Å². The molecule has 122 valence electrons. The molecule has 0 spiro atoms. The highest BCUT2D eigenvalue weighted by molar-refractivity contribution is 7.08. The fraction of sp³-hybridized carbons (Fsp3) is 0.533. The molecule has 8 heteroatoms. The van der Waals surface area contributed by atoms with E-state index < -0.39 is 0 Å². The minimum Gasteiger partial charge on any atom is -0.382 e. The van der Waals surface area contributed by atoms with Crippen LogP contribution in [0.15, 0.2) is 12.4 Å². The zero-order valence-corrected chi connectivity index (χ0v) is 13.9. The molecule has 0 saturated carbocycles. The van der Waals surface area contributed by atoms with Crippen LogP contribution in [-0.2, 0) is 12.8 Å². The first-order valence-electron chi connectivity index (χ1n) is 7.85. The third-order valence-electron chi connectivity index (χ3n) is 4.18. The molecule has 0 unspecified atom stereocenters. The highest BCUT2D eigenvalue weighted by Crippen LogP contribution is 2.24. The number of nitrogens with zero attached hydrogens (tertiary/aromatic N) is 5. The molecular weight excluding hydrogens is 312 g/mol. The van der Waals surface area contributed by atoms with E-state index in [1.165, 1.54) is 11.5 Å². The van der Waals surface area contributed by atoms with Gasteiger partial charge in [0, 0.05) is 25.5 Å². The molecule has 1 atom stereocenters. The van der Waals surface area contributed by atoms with Crippen LogP contribution in [0.2, 0.25) is 0 Å². The molecular formula is C15H20N6OS. The van der Waals surface area contributed by atoms with Gasteiger partial charge in [0.2, 0.25) is 0 Å². The molecule has 1 amide bonds. The average Bonchev–Trinajstić information content (AvgIpc) is 3.05. The van der Waals surface area contributed by atoms with Crippen LogP contribution in [0.25, 0.3) is 0 Å². The largest absolute Gasteiger partial charge is 0.382 e. The van der Waals surface area contributed by atoms with E-state index in [0.29, 0.717) is 16.6 Å². The normalized spacial score (nSPS) is 18.1. The summed E-state index contributed by atoms with van der Waals surface area (Å²) in [4.78, 5) is 23.7. The number of anilines is 1. The minimum atomic E-state index is 0.0497. The SMILES string of the molecule is CCc1nnsc1C(=O)N1CCC[C@@H](Cc2nccnc2N)C1. The number of carbonyl (C=O) groups is 1. The standard InChI is InChI=1S/C15H20N6OS/c1-2-11-13(23-20-19-11)15(22)21-7-3-4-10(9-21)8-12-14(16)18-6-5-17-12/h5-6,10H,2-4,7-9H2,1H3,(H2,16,18)/t10-/m0/s1. The van der Waals surface area contributed by atoms with Crippen molar-refractivity contribution < 1.29 is 4.79 Å². The number of aryl methyl sites for hydroxylation is 1. The maximum absolute atomic E-state index is 12.7. The maximum Gasteiger partial charge on any atom is 0.267 e. The third-order valence-corrected chi connectivity index (χ3v) is 4.94. The lowest BCUT2D eigenvalue weighted by molar-refractivity contribution is 0.0676. The number of hydrogen-bond donors (Lipinski definition) is 1. The van der Waals surface area contributed by atoms with E-state index in [2.05, 4.69) is 19.6 Å². The number of hydrogen-bond acceptors (Lipinski definition) is 7. The van der Waals surface area contributed by atoms with Gasteiger partial charge in [0.1, 0.15) is 10.7 Å². The number of amides is 1. The number of aromatic nitrogens is 4. The van der Waals surface area contributed by atoms with Gasteiger partial charge in [0.15, 0.2) is 0 Å². The van der Waals surface area contributed by atoms with Gasteiger partial charge < -0.3 is 10.6 Å². The van der Waals surface area contributed by atoms with E-state index in [4.69, 9.17) is 5.73 Å². The van der Waals surface area contributed by atoms with Gasteiger partial charge in [-0.25, -0.2) is 4.98 Å². The van der Waals surface area contributed by atoms with Gasteiger partial charge in [-0.2, -0.15) is 0 Å². The topological polar surface area (TPSA) is 97.9 Å². The van der Waals surface area contributed by atoms with Crippen LogP contribution < -0.4 is 5.73 Å². The van der Waals surface area contributed by atoms with Crippen molar-refractivity contribution in [1.29, 1.82) is 0 Å². The molecule has 2 aromatic rings. The Bertz CT molecular complexity index is 688. The molecule has 23 heavy (non-hydrogen) atoms. The van der Waals surface area contributed by atoms with Gasteiger partial charge >= 0.3 is 0 Å². The summed E-state index contributed by atoms with van der Waals surface area (Å²) in [5.41, 5.74) is 7.49. The van der Waals surface area contributed by atoms with Gasteiger partial charge in [-0.15, -0.1) is 5.10 Å². The third kappa shape index (κ3) is 3.47. The number of likely N-dealkylation sites (tertiary alicyclic amines) is 1. The number of nitrogens with two attached hydrogens (primary N) is 1. The monoisotopic (exact) mass is 332 g/mol. The van der Waals surface area contributed by atoms with Crippen LogP contribution in [-0.4, -0.2) is 43.5 Å². The second-order valence-corrected chi connectivity index (χ2v) is 6.51. The fourth-order valence-electron chi connectivity index (χ4n) is 2.97. The Balaban J connectivity index is 1.69. The van der Waals surface area contributed by atoms with E-state index in [1.807, 2.05) is 11.8 Å². The Kier molecular flexibility index (Phi) is 4.80. The average molecular weight is 332 g/mol. The molecule has 2 aromatic heterocycles. The molecule has 0 bridgehead atoms. The minimum absolute atomic E-state index is 0.0497. The van der Waals surface area contributed by atoms with Gasteiger partial charge in [0.25, 0.3) is 5.91 Å². The Morgan fingerprint density at radius 3 is 3.00 bits per heavy atom. The number of carbonyl (C=O) groups excluding carboxylic acids is 1. The van der Waals surface area contributed by atoms with Crippen LogP contribution in [0, 0.1) is 5.92 Å². The number of piperidine rings is 1. The maximum atomic E-state index is 12.7. The smallest absolute Gasteiger partial charge is 0.267 e. The number of rotatable bonds is 4. The van der Waals surface area contributed by atoms with Crippen LogP contribution in [0.5, 0.6) is 0 Å². The van der Waals surface area contributed by atoms with Crippen LogP contribution in [0.4, 0.5) is 5.82 Å². The van der Waals surface area contributed by atoms with Gasteiger partial charge in [0.05, 0.1) is 11.4 Å². The van der Waals surface area contributed by atoms with E-state index in [1.54, 1.807) is 12.4 Å². The van der Waals surface area contributed by atoms with Crippen molar-refractivity contribution in [3.63, 3.8) is 0 Å². The second-order valence-electron chi connectivity index (χ2n) is 5.75. The van der Waals surface area contributed by atoms with E-state index >= 15 is 0 Å². The van der Waals surface area contributed by atoms with E-state index in [9.17, 15) is 4.79 Å². The lowest BCUT2D eigenvalue weighted by Gasteiger charge is -2.32.